The number of rotatable bonds is 18. The molecule has 12 heteroatoms. The van der Waals surface area contributed by atoms with E-state index in [9.17, 15) is 20.2 Å². The molecule has 0 aliphatic carbocycles. The number of alkyl halides is 2. The van der Waals surface area contributed by atoms with E-state index in [1.54, 1.807) is 12.1 Å². The van der Waals surface area contributed by atoms with Gasteiger partial charge in [0.05, 0.1) is 21.2 Å². The summed E-state index contributed by atoms with van der Waals surface area (Å²) < 4.78 is 4.27. The van der Waals surface area contributed by atoms with E-state index in [0.717, 1.165) is 37.1 Å². The zero-order chi connectivity index (χ0) is 32.0. The maximum absolute atomic E-state index is 11.0. The molecular formula is C33H38Br2N6O4+2. The van der Waals surface area contributed by atoms with Crippen molar-refractivity contribution in [3.8, 4) is 0 Å². The highest BCUT2D eigenvalue weighted by molar-refractivity contribution is 9.09. The minimum absolute atomic E-state index is 0.0641. The number of anilines is 4. The molecule has 2 unspecified atom stereocenters. The van der Waals surface area contributed by atoms with Crippen molar-refractivity contribution < 1.29 is 19.0 Å². The van der Waals surface area contributed by atoms with Crippen LogP contribution in [0.2, 0.25) is 0 Å². The van der Waals surface area contributed by atoms with Gasteiger partial charge >= 0.3 is 0 Å². The molecule has 0 amide bonds. The number of unbranched alkanes of at least 4 members (excludes halogenated alkanes) is 6. The third kappa shape index (κ3) is 11.2. The number of non-ortho nitro benzene ring substituents is 2. The summed E-state index contributed by atoms with van der Waals surface area (Å²) in [6, 6.07) is 20.9. The first kappa shape index (κ1) is 34.0. The molecule has 0 aliphatic rings. The maximum atomic E-state index is 11.0. The molecule has 0 saturated heterocycles. The SMILES string of the molecule is O=[N+]([O-])c1cccc(Nc2cc[n+](C(Br)CCCCCCCCCC(Br)[n+]3ccc(Nc4cccc([N+](=O)[O-])c4)cc3)cc2)c1. The van der Waals surface area contributed by atoms with Crippen LogP contribution in [0.5, 0.6) is 0 Å². The largest absolute Gasteiger partial charge is 0.355 e. The predicted molar refractivity (Wildman–Crippen MR) is 184 cm³/mol. The Balaban J connectivity index is 1.05. The van der Waals surface area contributed by atoms with Gasteiger partial charge in [-0.1, -0.05) is 44.2 Å². The molecule has 2 N–H and O–H groups in total. The Morgan fingerprint density at radius 2 is 0.911 bits per heavy atom. The van der Waals surface area contributed by atoms with Gasteiger partial charge in [-0.3, -0.25) is 20.2 Å². The molecule has 2 heterocycles. The number of hydrogen-bond acceptors (Lipinski definition) is 6. The first-order valence-electron chi connectivity index (χ1n) is 15.1. The van der Waals surface area contributed by atoms with Crippen molar-refractivity contribution in [1.29, 1.82) is 0 Å². The fraction of sp³-hybridized carbons (Fsp3) is 0.333. The Bertz CT molecular complexity index is 1420. The summed E-state index contributed by atoms with van der Waals surface area (Å²) in [7, 11) is 0. The van der Waals surface area contributed by atoms with Gasteiger partial charge in [0.15, 0.2) is 24.8 Å². The van der Waals surface area contributed by atoms with E-state index in [-0.39, 0.29) is 21.3 Å². The molecule has 2 aromatic heterocycles. The maximum Gasteiger partial charge on any atom is 0.271 e. The molecule has 236 valence electrons. The van der Waals surface area contributed by atoms with Crippen LogP contribution in [0.25, 0.3) is 0 Å². The van der Waals surface area contributed by atoms with Crippen molar-refractivity contribution in [1.82, 2.24) is 0 Å². The van der Waals surface area contributed by atoms with Crippen LogP contribution >= 0.6 is 31.9 Å². The highest BCUT2D eigenvalue weighted by Crippen LogP contribution is 2.24. The lowest BCUT2D eigenvalue weighted by atomic mass is 10.1. The van der Waals surface area contributed by atoms with Crippen molar-refractivity contribution in [2.24, 2.45) is 0 Å². The molecule has 0 fully saturated rings. The average Bonchev–Trinajstić information content (AvgIpc) is 3.04. The lowest BCUT2D eigenvalue weighted by Gasteiger charge is -2.09. The molecule has 0 radical (unpaired) electrons. The normalized spacial score (nSPS) is 12.3. The average molecular weight is 743 g/mol. The van der Waals surface area contributed by atoms with Crippen LogP contribution in [0.15, 0.2) is 97.6 Å². The summed E-state index contributed by atoms with van der Waals surface area (Å²) in [6.07, 6.45) is 18.6. The lowest BCUT2D eigenvalue weighted by molar-refractivity contribution is -0.698. The smallest absolute Gasteiger partial charge is 0.271 e. The number of benzene rings is 2. The van der Waals surface area contributed by atoms with Gasteiger partial charge in [0.25, 0.3) is 11.4 Å². The van der Waals surface area contributed by atoms with Crippen LogP contribution in [0.1, 0.15) is 67.7 Å². The molecule has 10 nitrogen and oxygen atoms in total. The van der Waals surface area contributed by atoms with Gasteiger partial charge in [0, 0.05) is 72.7 Å². The molecule has 0 spiro atoms. The van der Waals surface area contributed by atoms with Gasteiger partial charge in [-0.25, -0.2) is 0 Å². The Hall–Kier alpha value is -3.90. The first-order valence-corrected chi connectivity index (χ1v) is 16.9. The molecule has 4 rings (SSSR count). The third-order valence-electron chi connectivity index (χ3n) is 7.43. The van der Waals surface area contributed by atoms with E-state index in [0.29, 0.717) is 11.4 Å². The third-order valence-corrected chi connectivity index (χ3v) is 9.29. The fourth-order valence-electron chi connectivity index (χ4n) is 4.95. The molecule has 2 aromatic carbocycles. The Labute approximate surface area is 280 Å². The summed E-state index contributed by atoms with van der Waals surface area (Å²) in [5.41, 5.74) is 3.25. The van der Waals surface area contributed by atoms with Gasteiger partial charge in [0.1, 0.15) is 0 Å². The van der Waals surface area contributed by atoms with E-state index in [2.05, 4.69) is 51.6 Å². The number of nitro groups is 2. The zero-order valence-electron chi connectivity index (χ0n) is 24.9. The molecular weight excluding hydrogens is 704 g/mol. The van der Waals surface area contributed by atoms with Gasteiger partial charge in [-0.05, 0) is 56.8 Å². The monoisotopic (exact) mass is 740 g/mol. The Kier molecular flexibility index (Phi) is 13.3. The molecule has 0 aliphatic heterocycles. The van der Waals surface area contributed by atoms with E-state index in [1.165, 1.54) is 56.4 Å². The summed E-state index contributed by atoms with van der Waals surface area (Å²) in [6.45, 7) is 0. The van der Waals surface area contributed by atoms with Gasteiger partial charge in [-0.2, -0.15) is 9.13 Å². The minimum Gasteiger partial charge on any atom is -0.355 e. The number of nitrogens with zero attached hydrogens (tertiary/aromatic N) is 4. The number of nitrogens with one attached hydrogen (secondary N) is 2. The van der Waals surface area contributed by atoms with Crippen molar-refractivity contribution in [2.75, 3.05) is 10.6 Å². The predicted octanol–water partition coefficient (Wildman–Crippen LogP) is 9.56. The second kappa shape index (κ2) is 17.6. The number of hydrogen-bond donors (Lipinski definition) is 2. The first-order chi connectivity index (χ1) is 21.8. The standard InChI is InChI=1S/C33H36Br2N6O4/c34-32(38-20-16-26(17-21-38)36-28-10-8-12-30(24-28)40(42)43)14-6-4-2-1-3-5-7-15-33(35)39-22-18-27(19-23-39)37-29-11-9-13-31(25-29)41(44)45/h8-13,16-25,32-33H,1-7,14-15H2/p+2. The topological polar surface area (TPSA) is 118 Å². The fourth-order valence-corrected chi connectivity index (χ4v) is 6.15. The van der Waals surface area contributed by atoms with Gasteiger partial charge in [0.2, 0.25) is 9.90 Å². The summed E-state index contributed by atoms with van der Waals surface area (Å²) >= 11 is 7.60. The van der Waals surface area contributed by atoms with Crippen LogP contribution < -0.4 is 19.8 Å². The lowest BCUT2D eigenvalue weighted by Crippen LogP contribution is -2.35. The second-order valence-corrected chi connectivity index (χ2v) is 13.0. The van der Waals surface area contributed by atoms with Gasteiger partial charge in [-0.15, -0.1) is 0 Å². The van der Waals surface area contributed by atoms with E-state index in [1.807, 2.05) is 61.2 Å². The molecule has 2 atom stereocenters. The van der Waals surface area contributed by atoms with E-state index >= 15 is 0 Å². The minimum atomic E-state index is -0.395. The zero-order valence-corrected chi connectivity index (χ0v) is 28.1. The van der Waals surface area contributed by atoms with Crippen molar-refractivity contribution in [2.45, 2.75) is 67.7 Å². The Morgan fingerprint density at radius 3 is 1.27 bits per heavy atom. The number of pyridine rings is 2. The number of aromatic nitrogens is 2. The van der Waals surface area contributed by atoms with Crippen molar-refractivity contribution in [3.63, 3.8) is 0 Å². The summed E-state index contributed by atoms with van der Waals surface area (Å²) in [5.74, 6) is 0. The molecule has 4 aromatic rings. The van der Waals surface area contributed by atoms with Gasteiger partial charge < -0.3 is 10.6 Å². The van der Waals surface area contributed by atoms with Crippen molar-refractivity contribution in [3.05, 3.63) is 118 Å². The highest BCUT2D eigenvalue weighted by atomic mass is 79.9. The second-order valence-electron chi connectivity index (χ2n) is 10.9. The van der Waals surface area contributed by atoms with Crippen LogP contribution in [0, 0.1) is 20.2 Å². The summed E-state index contributed by atoms with van der Waals surface area (Å²) in [5, 5.41) is 28.4. The van der Waals surface area contributed by atoms with Crippen LogP contribution in [0.3, 0.4) is 0 Å². The van der Waals surface area contributed by atoms with E-state index < -0.39 is 9.85 Å². The van der Waals surface area contributed by atoms with E-state index in [4.69, 9.17) is 0 Å². The molecule has 45 heavy (non-hydrogen) atoms. The number of halogens is 2. The quantitative estimate of drug-likeness (QED) is 0.0345. The van der Waals surface area contributed by atoms with Crippen LogP contribution in [0.4, 0.5) is 34.1 Å². The summed E-state index contributed by atoms with van der Waals surface area (Å²) in [4.78, 5) is 21.7. The van der Waals surface area contributed by atoms with Crippen LogP contribution in [-0.4, -0.2) is 9.85 Å². The van der Waals surface area contributed by atoms with Crippen molar-refractivity contribution >= 4 is 66.0 Å². The van der Waals surface area contributed by atoms with Crippen LogP contribution in [-0.2, 0) is 0 Å². The number of nitro benzene ring substituents is 2. The Morgan fingerprint density at radius 1 is 0.556 bits per heavy atom. The molecule has 0 bridgehead atoms. The molecule has 0 saturated carbocycles. The highest BCUT2D eigenvalue weighted by Gasteiger charge is 2.15.